The molecule has 1 aromatic carbocycles. The van der Waals surface area contributed by atoms with Crippen molar-refractivity contribution in [3.63, 3.8) is 0 Å². The molecule has 0 atom stereocenters. The Morgan fingerprint density at radius 1 is 1.47 bits per heavy atom. The number of nitro groups is 1. The molecule has 0 aliphatic carbocycles. The van der Waals surface area contributed by atoms with Crippen molar-refractivity contribution >= 4 is 21.6 Å². The van der Waals surface area contributed by atoms with Gasteiger partial charge in [-0.25, -0.2) is 0 Å². The first-order valence-electron chi connectivity index (χ1n) is 4.81. The summed E-state index contributed by atoms with van der Waals surface area (Å²) in [6.45, 7) is 0. The Kier molecular flexibility index (Phi) is 3.19. The Labute approximate surface area is 106 Å². The fraction of sp³-hybridized carbons (Fsp3) is 0.200. The number of rotatable bonds is 3. The lowest BCUT2D eigenvalue weighted by molar-refractivity contribution is -0.384. The molecule has 0 radical (unpaired) electrons. The molecule has 0 saturated carbocycles. The van der Waals surface area contributed by atoms with Gasteiger partial charge in [0.1, 0.15) is 5.69 Å². The molecule has 0 aliphatic rings. The summed E-state index contributed by atoms with van der Waals surface area (Å²) in [6.07, 6.45) is 1.58. The van der Waals surface area contributed by atoms with Crippen LogP contribution >= 0.6 is 15.9 Å². The van der Waals surface area contributed by atoms with E-state index in [1.807, 2.05) is 6.07 Å². The number of hydrogen-bond donors (Lipinski definition) is 0. The van der Waals surface area contributed by atoms with Gasteiger partial charge in [-0.3, -0.25) is 10.1 Å². The highest BCUT2D eigenvalue weighted by molar-refractivity contribution is 9.08. The average Bonchev–Trinajstić information content (AvgIpc) is 2.75. The lowest BCUT2D eigenvalue weighted by atomic mass is 10.1. The number of nitrogens with zero attached hydrogens (tertiary/aromatic N) is 4. The second kappa shape index (κ2) is 4.62. The predicted molar refractivity (Wildman–Crippen MR) is 65.7 cm³/mol. The van der Waals surface area contributed by atoms with Crippen LogP contribution in [0.2, 0.25) is 0 Å². The van der Waals surface area contributed by atoms with E-state index < -0.39 is 4.92 Å². The third-order valence-electron chi connectivity index (χ3n) is 2.24. The molecule has 0 fully saturated rings. The van der Waals surface area contributed by atoms with E-state index in [0.717, 1.165) is 5.56 Å². The molecule has 0 unspecified atom stereocenters. The van der Waals surface area contributed by atoms with Crippen molar-refractivity contribution in [1.29, 1.82) is 0 Å². The van der Waals surface area contributed by atoms with E-state index in [0.29, 0.717) is 16.6 Å². The minimum atomic E-state index is -0.411. The maximum absolute atomic E-state index is 10.8. The largest absolute Gasteiger partial charge is 0.270 e. The summed E-state index contributed by atoms with van der Waals surface area (Å²) in [4.78, 5) is 11.8. The van der Waals surface area contributed by atoms with Gasteiger partial charge < -0.3 is 0 Å². The third kappa shape index (κ3) is 2.50. The van der Waals surface area contributed by atoms with Gasteiger partial charge in [-0.15, -0.1) is 0 Å². The highest BCUT2D eigenvalue weighted by atomic mass is 79.9. The molecule has 0 amide bonds. The Morgan fingerprint density at radius 3 is 2.76 bits per heavy atom. The zero-order valence-corrected chi connectivity index (χ0v) is 10.6. The van der Waals surface area contributed by atoms with E-state index in [9.17, 15) is 10.1 Å². The SMILES string of the molecule is Cn1ncc(-c2cc(CBr)cc([N+](=O)[O-])c2)n1. The lowest BCUT2D eigenvalue weighted by Gasteiger charge is -2.00. The summed E-state index contributed by atoms with van der Waals surface area (Å²) in [5.74, 6) is 0. The minimum absolute atomic E-state index is 0.0580. The average molecular weight is 297 g/mol. The quantitative estimate of drug-likeness (QED) is 0.495. The number of aryl methyl sites for hydroxylation is 1. The fourth-order valence-electron chi connectivity index (χ4n) is 1.48. The van der Waals surface area contributed by atoms with Crippen LogP contribution < -0.4 is 0 Å². The van der Waals surface area contributed by atoms with E-state index in [1.54, 1.807) is 13.2 Å². The van der Waals surface area contributed by atoms with E-state index in [1.165, 1.54) is 16.9 Å². The summed E-state index contributed by atoms with van der Waals surface area (Å²) in [5.41, 5.74) is 2.21. The Balaban J connectivity index is 2.53. The van der Waals surface area contributed by atoms with Crippen LogP contribution in [0.15, 0.2) is 24.4 Å². The van der Waals surface area contributed by atoms with Crippen molar-refractivity contribution in [3.8, 4) is 11.3 Å². The predicted octanol–water partition coefficient (Wildman–Crippen LogP) is 2.29. The summed E-state index contributed by atoms with van der Waals surface area (Å²) in [6, 6.07) is 4.89. The van der Waals surface area contributed by atoms with Gasteiger partial charge in [0.05, 0.1) is 11.1 Å². The third-order valence-corrected chi connectivity index (χ3v) is 2.89. The molecule has 6 nitrogen and oxygen atoms in total. The van der Waals surface area contributed by atoms with Gasteiger partial charge >= 0.3 is 0 Å². The van der Waals surface area contributed by atoms with Gasteiger partial charge in [0, 0.05) is 30.1 Å². The van der Waals surface area contributed by atoms with E-state index in [4.69, 9.17) is 0 Å². The fourth-order valence-corrected chi connectivity index (χ4v) is 1.81. The number of nitro benzene ring substituents is 1. The van der Waals surface area contributed by atoms with Crippen molar-refractivity contribution in [2.24, 2.45) is 7.05 Å². The monoisotopic (exact) mass is 296 g/mol. The Hall–Kier alpha value is -1.76. The number of alkyl halides is 1. The summed E-state index contributed by atoms with van der Waals surface area (Å²) in [5, 5.41) is 19.4. The van der Waals surface area contributed by atoms with Crippen LogP contribution in [-0.4, -0.2) is 19.9 Å². The van der Waals surface area contributed by atoms with Crippen molar-refractivity contribution in [3.05, 3.63) is 40.1 Å². The van der Waals surface area contributed by atoms with Gasteiger partial charge in [-0.2, -0.15) is 15.0 Å². The standard InChI is InChI=1S/C10H9BrN4O2/c1-14-12-6-10(13-14)8-2-7(5-11)3-9(4-8)15(16)17/h2-4,6H,5H2,1H3. The Bertz CT molecular complexity index is 567. The van der Waals surface area contributed by atoms with Gasteiger partial charge in [-0.05, 0) is 11.6 Å². The first-order valence-corrected chi connectivity index (χ1v) is 5.93. The zero-order chi connectivity index (χ0) is 12.4. The molecule has 2 aromatic rings. The molecule has 0 bridgehead atoms. The molecule has 88 valence electrons. The van der Waals surface area contributed by atoms with Crippen molar-refractivity contribution in [1.82, 2.24) is 15.0 Å². The molecular weight excluding hydrogens is 288 g/mol. The summed E-state index contributed by atoms with van der Waals surface area (Å²) < 4.78 is 0. The molecule has 0 N–H and O–H groups in total. The molecule has 1 aromatic heterocycles. The molecule has 0 saturated heterocycles. The van der Waals surface area contributed by atoms with Gasteiger partial charge in [-0.1, -0.05) is 15.9 Å². The highest BCUT2D eigenvalue weighted by Crippen LogP contribution is 2.25. The maximum atomic E-state index is 10.8. The number of halogens is 1. The van der Waals surface area contributed by atoms with Crippen LogP contribution in [0.1, 0.15) is 5.56 Å². The zero-order valence-electron chi connectivity index (χ0n) is 9.00. The van der Waals surface area contributed by atoms with E-state index in [-0.39, 0.29) is 5.69 Å². The lowest BCUT2D eigenvalue weighted by Crippen LogP contribution is -1.93. The molecule has 0 aliphatic heterocycles. The number of benzene rings is 1. The molecule has 7 heteroatoms. The van der Waals surface area contributed by atoms with Crippen LogP contribution in [0.5, 0.6) is 0 Å². The van der Waals surface area contributed by atoms with Crippen molar-refractivity contribution < 1.29 is 4.92 Å². The molecule has 17 heavy (non-hydrogen) atoms. The normalized spacial score (nSPS) is 10.5. The summed E-state index contributed by atoms with van der Waals surface area (Å²) in [7, 11) is 1.70. The van der Waals surface area contributed by atoms with E-state index in [2.05, 4.69) is 26.1 Å². The Morgan fingerprint density at radius 2 is 2.24 bits per heavy atom. The van der Waals surface area contributed by atoms with Gasteiger partial charge in [0.25, 0.3) is 5.69 Å². The van der Waals surface area contributed by atoms with Crippen LogP contribution in [0.4, 0.5) is 5.69 Å². The van der Waals surface area contributed by atoms with E-state index >= 15 is 0 Å². The maximum Gasteiger partial charge on any atom is 0.270 e. The molecular formula is C10H9BrN4O2. The van der Waals surface area contributed by atoms with Gasteiger partial charge in [0.15, 0.2) is 0 Å². The minimum Gasteiger partial charge on any atom is -0.258 e. The second-order valence-electron chi connectivity index (χ2n) is 3.50. The first-order chi connectivity index (χ1) is 8.10. The second-order valence-corrected chi connectivity index (χ2v) is 4.06. The number of hydrogen-bond acceptors (Lipinski definition) is 4. The van der Waals surface area contributed by atoms with Crippen LogP contribution in [0, 0.1) is 10.1 Å². The topological polar surface area (TPSA) is 73.8 Å². The smallest absolute Gasteiger partial charge is 0.258 e. The van der Waals surface area contributed by atoms with Crippen LogP contribution in [0.25, 0.3) is 11.3 Å². The number of aromatic nitrogens is 3. The highest BCUT2D eigenvalue weighted by Gasteiger charge is 2.12. The van der Waals surface area contributed by atoms with Crippen LogP contribution in [-0.2, 0) is 12.4 Å². The molecule has 2 rings (SSSR count). The first kappa shape index (κ1) is 11.7. The van der Waals surface area contributed by atoms with Gasteiger partial charge in [0.2, 0.25) is 0 Å². The van der Waals surface area contributed by atoms with Crippen molar-refractivity contribution in [2.75, 3.05) is 0 Å². The molecule has 0 spiro atoms. The summed E-state index contributed by atoms with van der Waals surface area (Å²) >= 11 is 3.29. The number of non-ortho nitro benzene ring substituents is 1. The van der Waals surface area contributed by atoms with Crippen molar-refractivity contribution in [2.45, 2.75) is 5.33 Å². The van der Waals surface area contributed by atoms with Crippen LogP contribution in [0.3, 0.4) is 0 Å². The molecule has 1 heterocycles.